The largest absolute Gasteiger partial charge is 0.489 e. The molecule has 0 saturated heterocycles. The number of halogens is 1. The number of hydrogen-bond donors (Lipinski definition) is 2. The van der Waals surface area contributed by atoms with Crippen molar-refractivity contribution in [2.45, 2.75) is 25.2 Å². The van der Waals surface area contributed by atoms with Gasteiger partial charge in [-0.3, -0.25) is 4.99 Å². The van der Waals surface area contributed by atoms with Crippen LogP contribution in [0.1, 0.15) is 18.9 Å². The van der Waals surface area contributed by atoms with Gasteiger partial charge in [0.05, 0.1) is 18.1 Å². The number of rotatable bonds is 10. The molecule has 0 fully saturated rings. The van der Waals surface area contributed by atoms with Crippen LogP contribution in [0.4, 0.5) is 4.39 Å². The van der Waals surface area contributed by atoms with E-state index in [0.717, 1.165) is 5.56 Å². The molecule has 0 aromatic heterocycles. The molecule has 0 bridgehead atoms. The van der Waals surface area contributed by atoms with Gasteiger partial charge in [0.2, 0.25) is 0 Å². The Bertz CT molecular complexity index is 872. The van der Waals surface area contributed by atoms with Crippen molar-refractivity contribution in [3.63, 3.8) is 0 Å². The minimum absolute atomic E-state index is 0.0546. The van der Waals surface area contributed by atoms with E-state index in [4.69, 9.17) is 4.74 Å². The molecule has 8 heteroatoms. The van der Waals surface area contributed by atoms with E-state index >= 15 is 0 Å². The molecule has 0 amide bonds. The zero-order valence-electron chi connectivity index (χ0n) is 16.8. The summed E-state index contributed by atoms with van der Waals surface area (Å²) in [6.45, 7) is 2.87. The summed E-state index contributed by atoms with van der Waals surface area (Å²) >= 11 is 0. The molecule has 2 rings (SSSR count). The fourth-order valence-electron chi connectivity index (χ4n) is 2.65. The quantitative estimate of drug-likeness (QED) is 0.350. The summed E-state index contributed by atoms with van der Waals surface area (Å²) in [5.74, 6) is 1.01. The molecule has 0 heterocycles. The Kier molecular flexibility index (Phi) is 8.92. The van der Waals surface area contributed by atoms with Gasteiger partial charge in [-0.25, -0.2) is 12.8 Å². The summed E-state index contributed by atoms with van der Waals surface area (Å²) in [6, 6.07) is 15.0. The number of sulfone groups is 1. The molecule has 0 radical (unpaired) electrons. The number of nitrogens with zero attached hydrogens (tertiary/aromatic N) is 1. The van der Waals surface area contributed by atoms with Crippen LogP contribution < -0.4 is 15.4 Å². The molecule has 2 N–H and O–H groups in total. The third kappa shape index (κ3) is 8.95. The molecule has 0 aliphatic heterocycles. The smallest absolute Gasteiger partial charge is 0.191 e. The van der Waals surface area contributed by atoms with Crippen molar-refractivity contribution in [3.8, 4) is 5.75 Å². The van der Waals surface area contributed by atoms with E-state index in [9.17, 15) is 12.8 Å². The van der Waals surface area contributed by atoms with Crippen LogP contribution in [0, 0.1) is 5.82 Å². The highest BCUT2D eigenvalue weighted by molar-refractivity contribution is 7.90. The highest BCUT2D eigenvalue weighted by Gasteiger charge is 2.12. The van der Waals surface area contributed by atoms with Crippen LogP contribution in [-0.4, -0.2) is 46.4 Å². The third-order valence-electron chi connectivity index (χ3n) is 4.09. The predicted octanol–water partition coefficient (Wildman–Crippen LogP) is 2.76. The summed E-state index contributed by atoms with van der Waals surface area (Å²) in [5.41, 5.74) is 0.799. The maximum atomic E-state index is 12.9. The van der Waals surface area contributed by atoms with E-state index in [1.54, 1.807) is 19.2 Å². The summed E-state index contributed by atoms with van der Waals surface area (Å²) < 4.78 is 43.0. The molecule has 1 unspecified atom stereocenters. The van der Waals surface area contributed by atoms with Gasteiger partial charge >= 0.3 is 0 Å². The Morgan fingerprint density at radius 3 is 2.45 bits per heavy atom. The molecule has 2 aromatic carbocycles. The summed E-state index contributed by atoms with van der Waals surface area (Å²) in [4.78, 5) is 4.12. The molecule has 2 aromatic rings. The predicted molar refractivity (Wildman–Crippen MR) is 114 cm³/mol. The topological polar surface area (TPSA) is 79.8 Å². The number of nitrogens with one attached hydrogen (secondary N) is 2. The van der Waals surface area contributed by atoms with Crippen LogP contribution in [0.25, 0.3) is 0 Å². The van der Waals surface area contributed by atoms with Crippen LogP contribution >= 0.6 is 0 Å². The highest BCUT2D eigenvalue weighted by Crippen LogP contribution is 2.12. The first-order chi connectivity index (χ1) is 13.9. The normalized spacial score (nSPS) is 13.0. The summed E-state index contributed by atoms with van der Waals surface area (Å²) in [6.07, 6.45) is 0.322. The Hall–Kier alpha value is -2.61. The summed E-state index contributed by atoms with van der Waals surface area (Å²) in [5, 5.41) is 6.23. The van der Waals surface area contributed by atoms with E-state index in [1.807, 2.05) is 37.3 Å². The van der Waals surface area contributed by atoms with E-state index in [2.05, 4.69) is 15.6 Å². The first-order valence-electron chi connectivity index (χ1n) is 9.49. The second-order valence-electron chi connectivity index (χ2n) is 6.69. The van der Waals surface area contributed by atoms with Crippen molar-refractivity contribution in [3.05, 3.63) is 66.0 Å². The Morgan fingerprint density at radius 1 is 1.10 bits per heavy atom. The van der Waals surface area contributed by atoms with E-state index in [1.165, 1.54) is 12.1 Å². The second-order valence-corrected chi connectivity index (χ2v) is 8.88. The molecule has 158 valence electrons. The van der Waals surface area contributed by atoms with Gasteiger partial charge in [0.1, 0.15) is 17.7 Å². The zero-order valence-corrected chi connectivity index (χ0v) is 17.6. The van der Waals surface area contributed by atoms with Crippen molar-refractivity contribution in [2.24, 2.45) is 4.99 Å². The van der Waals surface area contributed by atoms with Crippen molar-refractivity contribution >= 4 is 15.8 Å². The lowest BCUT2D eigenvalue weighted by molar-refractivity contribution is 0.223. The molecular weight excluding hydrogens is 393 g/mol. The third-order valence-corrected chi connectivity index (χ3v) is 5.77. The van der Waals surface area contributed by atoms with Gasteiger partial charge in [-0.05, 0) is 43.2 Å². The Balaban J connectivity index is 1.67. The summed E-state index contributed by atoms with van der Waals surface area (Å²) in [7, 11) is -1.50. The van der Waals surface area contributed by atoms with Crippen LogP contribution in [0.2, 0.25) is 0 Å². The fraction of sp³-hybridized carbons (Fsp3) is 0.381. The van der Waals surface area contributed by atoms with E-state index in [-0.39, 0.29) is 23.4 Å². The number of aliphatic imine (C=N–C) groups is 1. The minimum atomic E-state index is -3.15. The lowest BCUT2D eigenvalue weighted by atomic mass is 10.2. The van der Waals surface area contributed by atoms with Gasteiger partial charge in [-0.15, -0.1) is 0 Å². The fourth-order valence-corrected chi connectivity index (χ4v) is 4.08. The van der Waals surface area contributed by atoms with E-state index in [0.29, 0.717) is 31.2 Å². The highest BCUT2D eigenvalue weighted by atomic mass is 32.2. The second kappa shape index (κ2) is 11.4. The molecule has 0 saturated carbocycles. The number of benzene rings is 2. The number of guanidine groups is 1. The number of hydrogen-bond acceptors (Lipinski definition) is 4. The first-order valence-corrected chi connectivity index (χ1v) is 11.3. The van der Waals surface area contributed by atoms with Gasteiger partial charge < -0.3 is 15.4 Å². The van der Waals surface area contributed by atoms with Crippen molar-refractivity contribution in [1.82, 2.24) is 10.6 Å². The van der Waals surface area contributed by atoms with Gasteiger partial charge in [-0.1, -0.05) is 30.3 Å². The minimum Gasteiger partial charge on any atom is -0.489 e. The van der Waals surface area contributed by atoms with Crippen LogP contribution in [0.5, 0.6) is 5.75 Å². The molecule has 0 aliphatic carbocycles. The maximum Gasteiger partial charge on any atom is 0.191 e. The standard InChI is InChI=1S/C21H28FN3O3S/c1-17(28-20-11-9-19(22)10-12-20)15-25-21(23-2)24-13-6-14-29(26,27)16-18-7-4-3-5-8-18/h3-5,7-12,17H,6,13-16H2,1-2H3,(H2,23,24,25). The van der Waals surface area contributed by atoms with Crippen molar-refractivity contribution < 1.29 is 17.5 Å². The number of ether oxygens (including phenoxy) is 1. The maximum absolute atomic E-state index is 12.9. The zero-order chi connectivity index (χ0) is 21.1. The van der Waals surface area contributed by atoms with Gasteiger partial charge in [0.15, 0.2) is 15.8 Å². The van der Waals surface area contributed by atoms with Gasteiger partial charge in [-0.2, -0.15) is 0 Å². The molecule has 29 heavy (non-hydrogen) atoms. The van der Waals surface area contributed by atoms with Crippen molar-refractivity contribution in [1.29, 1.82) is 0 Å². The van der Waals surface area contributed by atoms with Gasteiger partial charge in [0, 0.05) is 13.6 Å². The lowest BCUT2D eigenvalue weighted by Crippen LogP contribution is -2.42. The lowest BCUT2D eigenvalue weighted by Gasteiger charge is -2.17. The molecule has 0 spiro atoms. The van der Waals surface area contributed by atoms with Crippen molar-refractivity contribution in [2.75, 3.05) is 25.9 Å². The average Bonchev–Trinajstić information content (AvgIpc) is 2.69. The van der Waals surface area contributed by atoms with Crippen LogP contribution in [-0.2, 0) is 15.6 Å². The Morgan fingerprint density at radius 2 is 1.79 bits per heavy atom. The van der Waals surface area contributed by atoms with Crippen LogP contribution in [0.3, 0.4) is 0 Å². The molecule has 0 aliphatic rings. The monoisotopic (exact) mass is 421 g/mol. The molecule has 1 atom stereocenters. The Labute approximate surface area is 172 Å². The molecular formula is C21H28FN3O3S. The van der Waals surface area contributed by atoms with E-state index < -0.39 is 9.84 Å². The van der Waals surface area contributed by atoms with Crippen LogP contribution in [0.15, 0.2) is 59.6 Å². The first kappa shape index (κ1) is 22.7. The SMILES string of the molecule is CN=C(NCCCS(=O)(=O)Cc1ccccc1)NCC(C)Oc1ccc(F)cc1. The average molecular weight is 422 g/mol. The molecule has 6 nitrogen and oxygen atoms in total. The van der Waals surface area contributed by atoms with Gasteiger partial charge in [0.25, 0.3) is 0 Å².